The fourth-order valence-corrected chi connectivity index (χ4v) is 1.61. The molecule has 0 fully saturated rings. The summed E-state index contributed by atoms with van der Waals surface area (Å²) in [6.07, 6.45) is 0. The van der Waals surface area contributed by atoms with Gasteiger partial charge in [0.2, 0.25) is 0 Å². The van der Waals surface area contributed by atoms with Gasteiger partial charge in [0.25, 0.3) is 0 Å². The van der Waals surface area contributed by atoms with Crippen molar-refractivity contribution in [3.63, 3.8) is 0 Å². The van der Waals surface area contributed by atoms with Crippen LogP contribution in [0.15, 0.2) is 18.2 Å². The van der Waals surface area contributed by atoms with Crippen molar-refractivity contribution in [1.82, 2.24) is 4.90 Å². The lowest BCUT2D eigenvalue weighted by atomic mass is 10.2. The van der Waals surface area contributed by atoms with E-state index >= 15 is 0 Å². The predicted octanol–water partition coefficient (Wildman–Crippen LogP) is 1.45. The van der Waals surface area contributed by atoms with Crippen LogP contribution in [0.1, 0.15) is 5.56 Å². The van der Waals surface area contributed by atoms with Gasteiger partial charge in [0.1, 0.15) is 10.8 Å². The monoisotopic (exact) mass is 285 g/mol. The largest absolute Gasteiger partial charge is 0.389 e. The van der Waals surface area contributed by atoms with E-state index in [1.807, 2.05) is 14.1 Å². The Balaban J connectivity index is 2.30. The molecule has 0 aliphatic carbocycles. The molecule has 1 aromatic carbocycles. The number of hydrogen-bond donors (Lipinski definition) is 2. The molecule has 0 radical (unpaired) electrons. The third kappa shape index (κ3) is 5.96. The molecule has 0 heterocycles. The molecular weight excluding hydrogens is 265 g/mol. The first-order valence-electron chi connectivity index (χ1n) is 6.06. The van der Waals surface area contributed by atoms with Crippen LogP contribution in [0.3, 0.4) is 0 Å². The van der Waals surface area contributed by atoms with E-state index in [4.69, 9.17) is 22.7 Å². The van der Waals surface area contributed by atoms with E-state index in [0.29, 0.717) is 25.4 Å². The third-order valence-electron chi connectivity index (χ3n) is 2.49. The summed E-state index contributed by atoms with van der Waals surface area (Å²) in [5.41, 5.74) is 6.35. The van der Waals surface area contributed by atoms with Gasteiger partial charge in [-0.1, -0.05) is 12.2 Å². The number of ether oxygens (including phenoxy) is 1. The molecule has 4 nitrogen and oxygen atoms in total. The number of nitrogens with one attached hydrogen (secondary N) is 1. The number of anilines is 1. The Labute approximate surface area is 118 Å². The summed E-state index contributed by atoms with van der Waals surface area (Å²) < 4.78 is 19.0. The maximum Gasteiger partial charge on any atom is 0.135 e. The molecule has 0 saturated carbocycles. The second-order valence-corrected chi connectivity index (χ2v) is 4.84. The van der Waals surface area contributed by atoms with E-state index in [9.17, 15) is 4.39 Å². The van der Waals surface area contributed by atoms with Crippen LogP contribution in [0.4, 0.5) is 10.1 Å². The molecule has 6 heteroatoms. The lowest BCUT2D eigenvalue weighted by molar-refractivity contribution is 0.126. The number of halogens is 1. The summed E-state index contributed by atoms with van der Waals surface area (Å²) in [7, 11) is 3.99. The van der Waals surface area contributed by atoms with Gasteiger partial charge in [-0.15, -0.1) is 0 Å². The van der Waals surface area contributed by atoms with Gasteiger partial charge < -0.3 is 20.7 Å². The number of likely N-dealkylation sites (N-methyl/N-ethyl adjacent to an activating group) is 1. The quantitative estimate of drug-likeness (QED) is 0.559. The first-order valence-corrected chi connectivity index (χ1v) is 6.47. The molecule has 0 aliphatic rings. The highest BCUT2D eigenvalue weighted by atomic mass is 32.1. The van der Waals surface area contributed by atoms with Crippen LogP contribution >= 0.6 is 12.2 Å². The summed E-state index contributed by atoms with van der Waals surface area (Å²) in [5.74, 6) is -0.411. The van der Waals surface area contributed by atoms with Gasteiger partial charge in [-0.05, 0) is 32.3 Å². The summed E-state index contributed by atoms with van der Waals surface area (Å²) >= 11 is 4.74. The van der Waals surface area contributed by atoms with E-state index in [-0.39, 0.29) is 10.6 Å². The molecule has 1 rings (SSSR count). The van der Waals surface area contributed by atoms with Gasteiger partial charge in [0.15, 0.2) is 0 Å². The van der Waals surface area contributed by atoms with Crippen molar-refractivity contribution >= 4 is 22.9 Å². The van der Waals surface area contributed by atoms with Gasteiger partial charge in [0.05, 0.1) is 13.2 Å². The number of rotatable bonds is 8. The Kier molecular flexibility index (Phi) is 6.69. The summed E-state index contributed by atoms with van der Waals surface area (Å²) in [4.78, 5) is 2.12. The highest BCUT2D eigenvalue weighted by Crippen LogP contribution is 2.14. The molecule has 19 heavy (non-hydrogen) atoms. The number of hydrogen-bond acceptors (Lipinski definition) is 4. The molecule has 0 saturated heterocycles. The lowest BCUT2D eigenvalue weighted by Crippen LogP contribution is -2.20. The van der Waals surface area contributed by atoms with Crippen LogP contribution in [-0.2, 0) is 4.74 Å². The van der Waals surface area contributed by atoms with E-state index in [0.717, 1.165) is 6.54 Å². The topological polar surface area (TPSA) is 50.5 Å². The lowest BCUT2D eigenvalue weighted by Gasteiger charge is -2.11. The van der Waals surface area contributed by atoms with Crippen molar-refractivity contribution in [2.24, 2.45) is 5.73 Å². The number of nitrogens with zero attached hydrogens (tertiary/aromatic N) is 1. The summed E-state index contributed by atoms with van der Waals surface area (Å²) in [6, 6.07) is 4.71. The average molecular weight is 285 g/mol. The van der Waals surface area contributed by atoms with Gasteiger partial charge in [-0.25, -0.2) is 4.39 Å². The van der Waals surface area contributed by atoms with Crippen molar-refractivity contribution in [3.05, 3.63) is 29.6 Å². The van der Waals surface area contributed by atoms with Crippen LogP contribution in [0.25, 0.3) is 0 Å². The maximum absolute atomic E-state index is 13.6. The van der Waals surface area contributed by atoms with Crippen LogP contribution < -0.4 is 11.1 Å². The third-order valence-corrected chi connectivity index (χ3v) is 2.71. The SMILES string of the molecule is CN(C)CCOCCNc1ccc(C(N)=S)c(F)c1. The minimum Gasteiger partial charge on any atom is -0.389 e. The standard InChI is InChI=1S/C13H20FN3OS/c1-17(2)6-8-18-7-5-16-10-3-4-11(13(15)19)12(14)9-10/h3-4,9,16H,5-8H2,1-2H3,(H2,15,19). The van der Waals surface area contributed by atoms with Crippen LogP contribution in [0.2, 0.25) is 0 Å². The van der Waals surface area contributed by atoms with Crippen LogP contribution in [0.5, 0.6) is 0 Å². The molecule has 0 unspecified atom stereocenters. The Morgan fingerprint density at radius 1 is 1.42 bits per heavy atom. The van der Waals surface area contributed by atoms with Crippen molar-refractivity contribution in [1.29, 1.82) is 0 Å². The second-order valence-electron chi connectivity index (χ2n) is 4.40. The number of benzene rings is 1. The molecule has 1 aromatic rings. The van der Waals surface area contributed by atoms with E-state index in [1.54, 1.807) is 12.1 Å². The normalized spacial score (nSPS) is 10.7. The van der Waals surface area contributed by atoms with Crippen LogP contribution in [0, 0.1) is 5.82 Å². The zero-order valence-electron chi connectivity index (χ0n) is 11.3. The first kappa shape index (κ1) is 15.8. The Morgan fingerprint density at radius 2 is 2.16 bits per heavy atom. The zero-order valence-corrected chi connectivity index (χ0v) is 12.1. The highest BCUT2D eigenvalue weighted by Gasteiger charge is 2.05. The molecule has 0 aliphatic heterocycles. The van der Waals surface area contributed by atoms with Gasteiger partial charge in [-0.2, -0.15) is 0 Å². The van der Waals surface area contributed by atoms with E-state index in [1.165, 1.54) is 6.07 Å². The van der Waals surface area contributed by atoms with Gasteiger partial charge >= 0.3 is 0 Å². The Morgan fingerprint density at radius 3 is 2.74 bits per heavy atom. The number of thiocarbonyl (C=S) groups is 1. The molecule has 0 spiro atoms. The molecule has 3 N–H and O–H groups in total. The van der Waals surface area contributed by atoms with Crippen LogP contribution in [-0.4, -0.2) is 50.3 Å². The molecule has 0 amide bonds. The molecule has 106 valence electrons. The maximum atomic E-state index is 13.6. The highest BCUT2D eigenvalue weighted by molar-refractivity contribution is 7.80. The van der Waals surface area contributed by atoms with Gasteiger partial charge in [-0.3, -0.25) is 0 Å². The number of nitrogens with two attached hydrogens (primary N) is 1. The smallest absolute Gasteiger partial charge is 0.135 e. The fourth-order valence-electron chi connectivity index (χ4n) is 1.44. The van der Waals surface area contributed by atoms with Crippen molar-refractivity contribution in [2.75, 3.05) is 45.7 Å². The fraction of sp³-hybridized carbons (Fsp3) is 0.462. The van der Waals surface area contributed by atoms with Crippen molar-refractivity contribution in [3.8, 4) is 0 Å². The Hall–Kier alpha value is -1.24. The summed E-state index contributed by atoms with van der Waals surface area (Å²) in [6.45, 7) is 2.77. The Bertz CT molecular complexity index is 426. The average Bonchev–Trinajstić information content (AvgIpc) is 2.32. The van der Waals surface area contributed by atoms with E-state index < -0.39 is 5.82 Å². The van der Waals surface area contributed by atoms with E-state index in [2.05, 4.69) is 10.2 Å². The second kappa shape index (κ2) is 8.04. The summed E-state index contributed by atoms with van der Waals surface area (Å²) in [5, 5.41) is 3.08. The van der Waals surface area contributed by atoms with Crippen molar-refractivity contribution < 1.29 is 9.13 Å². The minimum absolute atomic E-state index is 0.0658. The molecule has 0 atom stereocenters. The first-order chi connectivity index (χ1) is 9.00. The molecule has 0 bridgehead atoms. The zero-order chi connectivity index (χ0) is 14.3. The molecular formula is C13H20FN3OS. The predicted molar refractivity (Wildman–Crippen MR) is 80.2 cm³/mol. The molecule has 0 aromatic heterocycles. The minimum atomic E-state index is -0.411. The van der Waals surface area contributed by atoms with Crippen molar-refractivity contribution in [2.45, 2.75) is 0 Å². The van der Waals surface area contributed by atoms with Gasteiger partial charge in [0, 0.05) is 24.3 Å².